The van der Waals surface area contributed by atoms with E-state index >= 15 is 0 Å². The molecule has 0 spiro atoms. The fraction of sp³-hybridized carbons (Fsp3) is 0.857. The van der Waals surface area contributed by atoms with Crippen LogP contribution in [0.25, 0.3) is 0 Å². The first-order valence-electron chi connectivity index (χ1n) is 6.18. The predicted molar refractivity (Wildman–Crippen MR) is 63.6 cm³/mol. The van der Waals surface area contributed by atoms with Crippen LogP contribution in [0, 0.1) is 16.7 Å². The summed E-state index contributed by atoms with van der Waals surface area (Å²) < 4.78 is 0. The molecule has 2 unspecified atom stereocenters. The van der Waals surface area contributed by atoms with Crippen LogP contribution < -0.4 is 0 Å². The average molecular weight is 208 g/mol. The Labute approximate surface area is 93.6 Å². The molecule has 0 radical (unpaired) electrons. The van der Waals surface area contributed by atoms with E-state index < -0.39 is 5.60 Å². The van der Waals surface area contributed by atoms with Crippen LogP contribution in [-0.4, -0.2) is 10.7 Å². The fourth-order valence-electron chi connectivity index (χ4n) is 3.87. The van der Waals surface area contributed by atoms with Crippen molar-refractivity contribution in [3.8, 4) is 0 Å². The Hall–Kier alpha value is -0.300. The maximum Gasteiger partial charge on any atom is 0.0915 e. The summed E-state index contributed by atoms with van der Waals surface area (Å²) in [5.74, 6) is 0.527. The van der Waals surface area contributed by atoms with Gasteiger partial charge in [-0.1, -0.05) is 40.7 Å². The van der Waals surface area contributed by atoms with E-state index in [4.69, 9.17) is 0 Å². The maximum absolute atomic E-state index is 11.0. The molecule has 2 aliphatic rings. The summed E-state index contributed by atoms with van der Waals surface area (Å²) >= 11 is 0. The molecule has 0 aromatic rings. The van der Waals surface area contributed by atoms with E-state index in [1.165, 1.54) is 5.57 Å². The second-order valence-electron chi connectivity index (χ2n) is 6.54. The van der Waals surface area contributed by atoms with Crippen LogP contribution in [-0.2, 0) is 0 Å². The van der Waals surface area contributed by atoms with Gasteiger partial charge in [0, 0.05) is 5.41 Å². The zero-order valence-corrected chi connectivity index (χ0v) is 10.7. The lowest BCUT2D eigenvalue weighted by Gasteiger charge is -2.41. The average Bonchev–Trinajstić information content (AvgIpc) is 2.25. The Morgan fingerprint density at radius 2 is 1.87 bits per heavy atom. The van der Waals surface area contributed by atoms with Crippen molar-refractivity contribution >= 4 is 0 Å². The van der Waals surface area contributed by atoms with Gasteiger partial charge in [-0.3, -0.25) is 0 Å². The minimum atomic E-state index is -0.547. The van der Waals surface area contributed by atoms with Gasteiger partial charge in [0.25, 0.3) is 0 Å². The third-order valence-electron chi connectivity index (χ3n) is 5.46. The summed E-state index contributed by atoms with van der Waals surface area (Å²) in [5.41, 5.74) is 0.911. The highest BCUT2D eigenvalue weighted by molar-refractivity contribution is 5.36. The number of allylic oxidation sites excluding steroid dienone is 1. The van der Waals surface area contributed by atoms with Gasteiger partial charge in [0.1, 0.15) is 0 Å². The van der Waals surface area contributed by atoms with Gasteiger partial charge in [0.05, 0.1) is 5.60 Å². The lowest BCUT2D eigenvalue weighted by atomic mass is 9.68. The Morgan fingerprint density at radius 1 is 1.27 bits per heavy atom. The molecule has 1 fully saturated rings. The highest BCUT2D eigenvalue weighted by Crippen LogP contribution is 2.64. The molecular weight excluding hydrogens is 184 g/mol. The minimum Gasteiger partial charge on any atom is -0.385 e. The summed E-state index contributed by atoms with van der Waals surface area (Å²) in [6.07, 6.45) is 5.52. The van der Waals surface area contributed by atoms with Gasteiger partial charge in [-0.15, -0.1) is 0 Å². The predicted octanol–water partition coefficient (Wildman–Crippen LogP) is 3.53. The van der Waals surface area contributed by atoms with Crippen LogP contribution in [0.15, 0.2) is 11.6 Å². The molecule has 0 aliphatic heterocycles. The molecule has 1 saturated carbocycles. The Bertz CT molecular complexity index is 311. The van der Waals surface area contributed by atoms with Gasteiger partial charge >= 0.3 is 0 Å². The quantitative estimate of drug-likeness (QED) is 0.604. The zero-order chi connectivity index (χ0) is 11.5. The minimum absolute atomic E-state index is 0.00273. The molecule has 0 amide bonds. The normalized spacial score (nSPS) is 42.3. The first-order valence-corrected chi connectivity index (χ1v) is 6.18. The smallest absolute Gasteiger partial charge is 0.0915 e. The fourth-order valence-corrected chi connectivity index (χ4v) is 3.87. The van der Waals surface area contributed by atoms with Gasteiger partial charge in [0.15, 0.2) is 0 Å². The molecule has 1 heteroatoms. The molecule has 15 heavy (non-hydrogen) atoms. The first-order chi connectivity index (χ1) is 6.74. The number of rotatable bonds is 0. The van der Waals surface area contributed by atoms with Gasteiger partial charge in [-0.05, 0) is 36.2 Å². The van der Waals surface area contributed by atoms with E-state index in [9.17, 15) is 5.11 Å². The standard InChI is InChI=1S/C14H24O/c1-10-12(2,3)11-8-6-7-9-14(11,15)13(10,4)5/h8,10,15H,6-7,9H2,1-5H3. The van der Waals surface area contributed by atoms with Crippen molar-refractivity contribution in [2.75, 3.05) is 0 Å². The summed E-state index contributed by atoms with van der Waals surface area (Å²) in [4.78, 5) is 0. The molecule has 2 atom stereocenters. The van der Waals surface area contributed by atoms with Gasteiger partial charge in [0.2, 0.25) is 0 Å². The highest BCUT2D eigenvalue weighted by Gasteiger charge is 2.62. The molecule has 2 rings (SSSR count). The third-order valence-corrected chi connectivity index (χ3v) is 5.46. The Kier molecular flexibility index (Phi) is 2.15. The van der Waals surface area contributed by atoms with Crippen molar-refractivity contribution in [3.05, 3.63) is 11.6 Å². The van der Waals surface area contributed by atoms with Crippen molar-refractivity contribution < 1.29 is 5.11 Å². The summed E-state index contributed by atoms with van der Waals surface area (Å²) in [6, 6.07) is 0. The van der Waals surface area contributed by atoms with Crippen molar-refractivity contribution in [1.29, 1.82) is 0 Å². The lowest BCUT2D eigenvalue weighted by molar-refractivity contribution is -0.0439. The van der Waals surface area contributed by atoms with E-state index in [1.54, 1.807) is 0 Å². The number of aliphatic hydroxyl groups is 1. The van der Waals surface area contributed by atoms with Crippen LogP contribution in [0.5, 0.6) is 0 Å². The van der Waals surface area contributed by atoms with E-state index in [0.717, 1.165) is 19.3 Å². The molecule has 0 aromatic heterocycles. The lowest BCUT2D eigenvalue weighted by Crippen LogP contribution is -2.44. The third kappa shape index (κ3) is 1.13. The molecule has 0 bridgehead atoms. The number of hydrogen-bond donors (Lipinski definition) is 1. The molecule has 86 valence electrons. The van der Waals surface area contributed by atoms with Crippen molar-refractivity contribution in [1.82, 2.24) is 0 Å². The largest absolute Gasteiger partial charge is 0.385 e. The molecule has 0 aromatic carbocycles. The van der Waals surface area contributed by atoms with Crippen molar-refractivity contribution in [3.63, 3.8) is 0 Å². The second-order valence-corrected chi connectivity index (χ2v) is 6.54. The molecular formula is C14H24O. The summed E-state index contributed by atoms with van der Waals surface area (Å²) in [6.45, 7) is 11.3. The van der Waals surface area contributed by atoms with Gasteiger partial charge < -0.3 is 5.11 Å². The molecule has 0 saturated heterocycles. The van der Waals surface area contributed by atoms with E-state index in [1.807, 2.05) is 0 Å². The van der Waals surface area contributed by atoms with Crippen LogP contribution in [0.4, 0.5) is 0 Å². The molecule has 1 N–H and O–H groups in total. The number of fused-ring (bicyclic) bond motifs is 1. The topological polar surface area (TPSA) is 20.2 Å². The van der Waals surface area contributed by atoms with E-state index in [2.05, 4.69) is 40.7 Å². The van der Waals surface area contributed by atoms with E-state index in [-0.39, 0.29) is 10.8 Å². The van der Waals surface area contributed by atoms with E-state index in [0.29, 0.717) is 5.92 Å². The molecule has 2 aliphatic carbocycles. The SMILES string of the molecule is CC1C(C)(C)C2=CCCCC2(O)C1(C)C. The second kappa shape index (κ2) is 2.88. The van der Waals surface area contributed by atoms with Crippen LogP contribution >= 0.6 is 0 Å². The molecule has 1 nitrogen and oxygen atoms in total. The zero-order valence-electron chi connectivity index (χ0n) is 10.7. The maximum atomic E-state index is 11.0. The number of hydrogen-bond acceptors (Lipinski definition) is 1. The van der Waals surface area contributed by atoms with Crippen LogP contribution in [0.2, 0.25) is 0 Å². The van der Waals surface area contributed by atoms with Crippen molar-refractivity contribution in [2.24, 2.45) is 16.7 Å². The van der Waals surface area contributed by atoms with Gasteiger partial charge in [-0.2, -0.15) is 0 Å². The van der Waals surface area contributed by atoms with Crippen molar-refractivity contribution in [2.45, 2.75) is 59.5 Å². The van der Waals surface area contributed by atoms with Crippen LogP contribution in [0.3, 0.4) is 0 Å². The monoisotopic (exact) mass is 208 g/mol. The molecule has 0 heterocycles. The summed E-state index contributed by atoms with van der Waals surface area (Å²) in [5, 5.41) is 11.0. The first kappa shape index (κ1) is 11.2. The Balaban J connectivity index is 2.60. The van der Waals surface area contributed by atoms with Gasteiger partial charge in [-0.25, -0.2) is 0 Å². The Morgan fingerprint density at radius 3 is 2.40 bits per heavy atom. The van der Waals surface area contributed by atoms with Crippen LogP contribution in [0.1, 0.15) is 53.9 Å². The highest BCUT2D eigenvalue weighted by atomic mass is 16.3. The summed E-state index contributed by atoms with van der Waals surface area (Å²) in [7, 11) is 0.